The van der Waals surface area contributed by atoms with Crippen molar-refractivity contribution in [1.82, 2.24) is 0 Å². The number of benzene rings is 1. The molecule has 4 heteroatoms. The maximum atomic E-state index is 11.1. The fourth-order valence-corrected chi connectivity index (χ4v) is 1.99. The first-order chi connectivity index (χ1) is 9.24. The third-order valence-corrected chi connectivity index (χ3v) is 3.45. The van der Waals surface area contributed by atoms with Gasteiger partial charge in [-0.2, -0.15) is 0 Å². The van der Waals surface area contributed by atoms with E-state index in [4.69, 9.17) is 16.2 Å². The van der Waals surface area contributed by atoms with E-state index in [0.29, 0.717) is 25.4 Å². The van der Waals surface area contributed by atoms with Gasteiger partial charge in [-0.25, -0.2) is 0 Å². The first-order valence-electron chi connectivity index (χ1n) is 7.06. The molecule has 0 aromatic heterocycles. The van der Waals surface area contributed by atoms with Crippen LogP contribution in [-0.4, -0.2) is 18.1 Å². The van der Waals surface area contributed by atoms with E-state index in [1.807, 2.05) is 13.0 Å². The molecule has 1 rings (SSSR count). The highest BCUT2D eigenvalue weighted by Gasteiger charge is 2.24. The van der Waals surface area contributed by atoms with Crippen LogP contribution >= 0.6 is 0 Å². The minimum Gasteiger partial charge on any atom is -0.493 e. The van der Waals surface area contributed by atoms with Crippen molar-refractivity contribution in [3.8, 4) is 5.75 Å². The van der Waals surface area contributed by atoms with Crippen molar-refractivity contribution in [2.24, 2.45) is 11.5 Å². The van der Waals surface area contributed by atoms with Crippen molar-refractivity contribution in [1.29, 1.82) is 0 Å². The number of primary amides is 1. The molecule has 0 aliphatic carbocycles. The summed E-state index contributed by atoms with van der Waals surface area (Å²) in [5.74, 6) is 0.852. The summed E-state index contributed by atoms with van der Waals surface area (Å²) in [5.41, 5.74) is 12.5. The van der Waals surface area contributed by atoms with Gasteiger partial charge in [-0.05, 0) is 49.8 Å². The number of ether oxygens (including phenoxy) is 1. The predicted octanol–water partition coefficient (Wildman–Crippen LogP) is 2.48. The van der Waals surface area contributed by atoms with Gasteiger partial charge in [-0.1, -0.05) is 26.0 Å². The van der Waals surface area contributed by atoms with Gasteiger partial charge in [0.05, 0.1) is 12.1 Å². The standard InChI is InChI=1S/C16H26N2O2/c1-11(2)13-7-6-12(3)10-14(13)20-9-5-8-16(4,18)15(17)19/h6-7,10-11H,5,8-9,18H2,1-4H3,(H2,17,19). The van der Waals surface area contributed by atoms with Crippen LogP contribution < -0.4 is 16.2 Å². The van der Waals surface area contributed by atoms with Crippen LogP contribution in [0.1, 0.15) is 50.7 Å². The first-order valence-corrected chi connectivity index (χ1v) is 7.06. The zero-order valence-electron chi connectivity index (χ0n) is 12.9. The number of amides is 1. The molecule has 112 valence electrons. The summed E-state index contributed by atoms with van der Waals surface area (Å²) in [5, 5.41) is 0. The highest BCUT2D eigenvalue weighted by Crippen LogP contribution is 2.27. The van der Waals surface area contributed by atoms with Crippen LogP contribution in [0.4, 0.5) is 0 Å². The Labute approximate surface area is 121 Å². The second-order valence-corrected chi connectivity index (χ2v) is 5.93. The van der Waals surface area contributed by atoms with Gasteiger partial charge < -0.3 is 16.2 Å². The Morgan fingerprint density at radius 3 is 2.60 bits per heavy atom. The van der Waals surface area contributed by atoms with E-state index < -0.39 is 11.4 Å². The number of hydrogen-bond donors (Lipinski definition) is 2. The Morgan fingerprint density at radius 2 is 2.05 bits per heavy atom. The lowest BCUT2D eigenvalue weighted by Gasteiger charge is -2.20. The minimum absolute atomic E-state index is 0.413. The molecule has 1 unspecified atom stereocenters. The monoisotopic (exact) mass is 278 g/mol. The maximum Gasteiger partial charge on any atom is 0.237 e. The molecule has 20 heavy (non-hydrogen) atoms. The van der Waals surface area contributed by atoms with Crippen molar-refractivity contribution in [2.75, 3.05) is 6.61 Å². The summed E-state index contributed by atoms with van der Waals surface area (Å²) in [6.45, 7) is 8.51. The van der Waals surface area contributed by atoms with E-state index in [0.717, 1.165) is 5.75 Å². The Hall–Kier alpha value is -1.55. The lowest BCUT2D eigenvalue weighted by Crippen LogP contribution is -2.49. The summed E-state index contributed by atoms with van der Waals surface area (Å²) >= 11 is 0. The van der Waals surface area contributed by atoms with Crippen LogP contribution in [0, 0.1) is 6.92 Å². The van der Waals surface area contributed by atoms with Gasteiger partial charge in [-0.15, -0.1) is 0 Å². The highest BCUT2D eigenvalue weighted by atomic mass is 16.5. The number of carbonyl (C=O) groups excluding carboxylic acids is 1. The molecule has 1 aromatic carbocycles. The highest BCUT2D eigenvalue weighted by molar-refractivity contribution is 5.83. The topological polar surface area (TPSA) is 78.3 Å². The molecular weight excluding hydrogens is 252 g/mol. The molecular formula is C16H26N2O2. The molecule has 0 spiro atoms. The lowest BCUT2D eigenvalue weighted by atomic mass is 9.97. The summed E-state index contributed by atoms with van der Waals surface area (Å²) in [6.07, 6.45) is 1.21. The predicted molar refractivity (Wildman–Crippen MR) is 81.8 cm³/mol. The second kappa shape index (κ2) is 6.75. The Bertz CT molecular complexity index is 468. The number of aryl methyl sites for hydroxylation is 1. The average Bonchev–Trinajstić information content (AvgIpc) is 2.34. The zero-order valence-corrected chi connectivity index (χ0v) is 12.9. The van der Waals surface area contributed by atoms with E-state index in [9.17, 15) is 4.79 Å². The number of rotatable bonds is 7. The van der Waals surface area contributed by atoms with E-state index in [1.165, 1.54) is 11.1 Å². The quantitative estimate of drug-likeness (QED) is 0.752. The van der Waals surface area contributed by atoms with E-state index in [2.05, 4.69) is 26.0 Å². The molecule has 0 saturated carbocycles. The molecule has 0 saturated heterocycles. The van der Waals surface area contributed by atoms with Crippen molar-refractivity contribution in [3.63, 3.8) is 0 Å². The average molecular weight is 278 g/mol. The Morgan fingerprint density at radius 1 is 1.40 bits per heavy atom. The number of hydrogen-bond acceptors (Lipinski definition) is 3. The normalized spacial score (nSPS) is 14.1. The van der Waals surface area contributed by atoms with Crippen LogP contribution in [0.15, 0.2) is 18.2 Å². The van der Waals surface area contributed by atoms with E-state index >= 15 is 0 Å². The zero-order chi connectivity index (χ0) is 15.3. The second-order valence-electron chi connectivity index (χ2n) is 5.93. The van der Waals surface area contributed by atoms with Gasteiger partial charge in [-0.3, -0.25) is 4.79 Å². The molecule has 0 heterocycles. The van der Waals surface area contributed by atoms with Gasteiger partial charge in [0, 0.05) is 0 Å². The van der Waals surface area contributed by atoms with Crippen molar-refractivity contribution >= 4 is 5.91 Å². The number of nitrogens with two attached hydrogens (primary N) is 2. The fourth-order valence-electron chi connectivity index (χ4n) is 1.99. The Balaban J connectivity index is 2.58. The van der Waals surface area contributed by atoms with Crippen LogP contribution in [-0.2, 0) is 4.79 Å². The molecule has 0 aliphatic rings. The first kappa shape index (κ1) is 16.5. The summed E-state index contributed by atoms with van der Waals surface area (Å²) < 4.78 is 5.85. The molecule has 0 bridgehead atoms. The third-order valence-electron chi connectivity index (χ3n) is 3.45. The van der Waals surface area contributed by atoms with Crippen LogP contribution in [0.5, 0.6) is 5.75 Å². The molecule has 1 amide bonds. The summed E-state index contributed by atoms with van der Waals surface area (Å²) in [6, 6.07) is 6.24. The number of carbonyl (C=O) groups is 1. The molecule has 0 radical (unpaired) electrons. The third kappa shape index (κ3) is 4.53. The van der Waals surface area contributed by atoms with Crippen molar-refractivity contribution in [3.05, 3.63) is 29.3 Å². The van der Waals surface area contributed by atoms with Crippen LogP contribution in [0.25, 0.3) is 0 Å². The van der Waals surface area contributed by atoms with Gasteiger partial charge in [0.15, 0.2) is 0 Å². The van der Waals surface area contributed by atoms with Crippen molar-refractivity contribution < 1.29 is 9.53 Å². The fraction of sp³-hybridized carbons (Fsp3) is 0.562. The summed E-state index contributed by atoms with van der Waals surface area (Å²) in [4.78, 5) is 11.1. The van der Waals surface area contributed by atoms with Gasteiger partial charge in [0.2, 0.25) is 5.91 Å². The van der Waals surface area contributed by atoms with E-state index in [1.54, 1.807) is 6.92 Å². The molecule has 0 aliphatic heterocycles. The maximum absolute atomic E-state index is 11.1. The van der Waals surface area contributed by atoms with Crippen molar-refractivity contribution in [2.45, 2.75) is 52.0 Å². The SMILES string of the molecule is Cc1ccc(C(C)C)c(OCCCC(C)(N)C(N)=O)c1. The van der Waals surface area contributed by atoms with Crippen LogP contribution in [0.3, 0.4) is 0 Å². The summed E-state index contributed by atoms with van der Waals surface area (Å²) in [7, 11) is 0. The minimum atomic E-state index is -0.961. The molecule has 4 nitrogen and oxygen atoms in total. The van der Waals surface area contributed by atoms with E-state index in [-0.39, 0.29) is 0 Å². The largest absolute Gasteiger partial charge is 0.493 e. The van der Waals surface area contributed by atoms with Gasteiger partial charge in [0.25, 0.3) is 0 Å². The lowest BCUT2D eigenvalue weighted by molar-refractivity contribution is -0.122. The molecule has 0 fully saturated rings. The molecule has 1 atom stereocenters. The van der Waals surface area contributed by atoms with Gasteiger partial charge >= 0.3 is 0 Å². The molecule has 4 N–H and O–H groups in total. The smallest absolute Gasteiger partial charge is 0.237 e. The van der Waals surface area contributed by atoms with Gasteiger partial charge in [0.1, 0.15) is 5.75 Å². The molecule has 1 aromatic rings. The Kier molecular flexibility index (Phi) is 5.57. The van der Waals surface area contributed by atoms with Crippen LogP contribution in [0.2, 0.25) is 0 Å².